The van der Waals surface area contributed by atoms with Crippen LogP contribution in [0.5, 0.6) is 0 Å². The van der Waals surface area contributed by atoms with Gasteiger partial charge in [0.25, 0.3) is 0 Å². The fourth-order valence-electron chi connectivity index (χ4n) is 6.80. The molecular formula is C19H34N2. The maximum atomic E-state index is 3.59. The Morgan fingerprint density at radius 1 is 1.10 bits per heavy atom. The first-order chi connectivity index (χ1) is 10.1. The van der Waals surface area contributed by atoms with E-state index in [4.69, 9.17) is 0 Å². The smallest absolute Gasteiger partial charge is 0.0121 e. The normalized spacial score (nSPS) is 47.0. The monoisotopic (exact) mass is 290 g/mol. The number of hydrogen-bond acceptors (Lipinski definition) is 2. The summed E-state index contributed by atoms with van der Waals surface area (Å²) in [5.74, 6) is 4.15. The molecule has 1 heterocycles. The van der Waals surface area contributed by atoms with E-state index in [2.05, 4.69) is 24.2 Å². The molecule has 4 saturated carbocycles. The average molecular weight is 290 g/mol. The van der Waals surface area contributed by atoms with Crippen LogP contribution in [-0.2, 0) is 0 Å². The number of rotatable bonds is 4. The third kappa shape index (κ3) is 2.67. The van der Waals surface area contributed by atoms with Crippen LogP contribution >= 0.6 is 0 Å². The molecule has 0 aromatic carbocycles. The average Bonchev–Trinajstić information content (AvgIpc) is 2.46. The molecule has 1 saturated heterocycles. The molecule has 5 fully saturated rings. The predicted molar refractivity (Wildman–Crippen MR) is 88.3 cm³/mol. The van der Waals surface area contributed by atoms with Gasteiger partial charge < -0.3 is 10.2 Å². The van der Waals surface area contributed by atoms with E-state index in [1.54, 1.807) is 38.5 Å². The van der Waals surface area contributed by atoms with Crippen LogP contribution in [0.3, 0.4) is 0 Å². The maximum Gasteiger partial charge on any atom is 0.0121 e. The Morgan fingerprint density at radius 3 is 2.24 bits per heavy atom. The van der Waals surface area contributed by atoms with Crippen molar-refractivity contribution in [3.8, 4) is 0 Å². The summed E-state index contributed by atoms with van der Waals surface area (Å²) in [6, 6.07) is 0.799. The van der Waals surface area contributed by atoms with Gasteiger partial charge >= 0.3 is 0 Å². The third-order valence-corrected chi connectivity index (χ3v) is 7.58. The number of hydrogen-bond donors (Lipinski definition) is 1. The molecule has 2 nitrogen and oxygen atoms in total. The van der Waals surface area contributed by atoms with Gasteiger partial charge in [0.1, 0.15) is 0 Å². The quantitative estimate of drug-likeness (QED) is 0.852. The van der Waals surface area contributed by atoms with E-state index in [1.165, 1.54) is 32.5 Å². The van der Waals surface area contributed by atoms with Gasteiger partial charge in [-0.3, -0.25) is 0 Å². The van der Waals surface area contributed by atoms with E-state index in [9.17, 15) is 0 Å². The first-order valence-corrected chi connectivity index (χ1v) is 9.55. The van der Waals surface area contributed by atoms with Gasteiger partial charge in [0, 0.05) is 12.6 Å². The van der Waals surface area contributed by atoms with Crippen molar-refractivity contribution in [3.05, 3.63) is 0 Å². The fourth-order valence-corrected chi connectivity index (χ4v) is 6.80. The van der Waals surface area contributed by atoms with Gasteiger partial charge in [-0.05, 0) is 108 Å². The van der Waals surface area contributed by atoms with Crippen molar-refractivity contribution in [2.45, 2.75) is 64.3 Å². The lowest BCUT2D eigenvalue weighted by Gasteiger charge is -2.60. The van der Waals surface area contributed by atoms with E-state index in [0.29, 0.717) is 5.41 Å². The summed E-state index contributed by atoms with van der Waals surface area (Å²) < 4.78 is 0. The Morgan fingerprint density at radius 2 is 1.71 bits per heavy atom. The Kier molecular flexibility index (Phi) is 3.82. The molecule has 0 aromatic rings. The van der Waals surface area contributed by atoms with Crippen LogP contribution in [0.25, 0.3) is 0 Å². The highest BCUT2D eigenvalue weighted by atomic mass is 15.1. The summed E-state index contributed by atoms with van der Waals surface area (Å²) in [7, 11) is 2.41. The van der Waals surface area contributed by atoms with Crippen molar-refractivity contribution in [1.29, 1.82) is 0 Å². The first kappa shape index (κ1) is 14.5. The van der Waals surface area contributed by atoms with Crippen LogP contribution in [0, 0.1) is 29.1 Å². The van der Waals surface area contributed by atoms with E-state index >= 15 is 0 Å². The SMILES string of the molecule is CC(N(C)CC1CCCNC1)C12CC3CC(CC(C3)C1)C2. The van der Waals surface area contributed by atoms with Crippen molar-refractivity contribution < 1.29 is 0 Å². The third-order valence-electron chi connectivity index (χ3n) is 7.58. The highest BCUT2D eigenvalue weighted by Gasteiger charge is 2.53. The lowest BCUT2D eigenvalue weighted by molar-refractivity contribution is -0.0944. The van der Waals surface area contributed by atoms with E-state index in [-0.39, 0.29) is 0 Å². The van der Waals surface area contributed by atoms with Crippen LogP contribution < -0.4 is 5.32 Å². The fraction of sp³-hybridized carbons (Fsp3) is 1.00. The lowest BCUT2D eigenvalue weighted by atomic mass is 9.47. The molecule has 2 heteroatoms. The van der Waals surface area contributed by atoms with Gasteiger partial charge in [0.05, 0.1) is 0 Å². The molecular weight excluding hydrogens is 256 g/mol. The molecule has 21 heavy (non-hydrogen) atoms. The van der Waals surface area contributed by atoms with E-state index < -0.39 is 0 Å². The topological polar surface area (TPSA) is 15.3 Å². The molecule has 0 radical (unpaired) electrons. The Labute approximate surface area is 131 Å². The molecule has 120 valence electrons. The molecule has 4 bridgehead atoms. The van der Waals surface area contributed by atoms with Crippen molar-refractivity contribution in [3.63, 3.8) is 0 Å². The Balaban J connectivity index is 1.42. The van der Waals surface area contributed by atoms with Crippen molar-refractivity contribution >= 4 is 0 Å². The van der Waals surface area contributed by atoms with E-state index in [0.717, 1.165) is 29.7 Å². The number of nitrogens with zero attached hydrogens (tertiary/aromatic N) is 1. The molecule has 0 aromatic heterocycles. The minimum Gasteiger partial charge on any atom is -0.316 e. The molecule has 4 aliphatic carbocycles. The zero-order valence-electron chi connectivity index (χ0n) is 14.1. The van der Waals surface area contributed by atoms with Crippen LogP contribution in [-0.4, -0.2) is 37.6 Å². The number of nitrogens with one attached hydrogen (secondary N) is 1. The van der Waals surface area contributed by atoms with Crippen molar-refractivity contribution in [2.75, 3.05) is 26.7 Å². The first-order valence-electron chi connectivity index (χ1n) is 9.55. The molecule has 0 amide bonds. The second-order valence-corrected chi connectivity index (χ2v) is 9.11. The highest BCUT2D eigenvalue weighted by Crippen LogP contribution is 2.61. The van der Waals surface area contributed by atoms with Crippen molar-refractivity contribution in [1.82, 2.24) is 10.2 Å². The summed E-state index contributed by atoms with van der Waals surface area (Å²) in [4.78, 5) is 2.74. The summed E-state index contributed by atoms with van der Waals surface area (Å²) in [6.45, 7) is 6.36. The van der Waals surface area contributed by atoms with Crippen LogP contribution in [0.2, 0.25) is 0 Å². The molecule has 1 N–H and O–H groups in total. The molecule has 5 aliphatic rings. The zero-order chi connectivity index (χ0) is 14.4. The Hall–Kier alpha value is -0.0800. The maximum absolute atomic E-state index is 3.59. The molecule has 2 atom stereocenters. The van der Waals surface area contributed by atoms with Crippen LogP contribution in [0.4, 0.5) is 0 Å². The van der Waals surface area contributed by atoms with Gasteiger partial charge in [0.15, 0.2) is 0 Å². The molecule has 5 rings (SSSR count). The molecule has 2 unspecified atom stereocenters. The predicted octanol–water partition coefficient (Wildman–Crippen LogP) is 3.52. The summed E-state index contributed by atoms with van der Waals surface area (Å²) in [5, 5.41) is 3.59. The largest absolute Gasteiger partial charge is 0.316 e. The van der Waals surface area contributed by atoms with Gasteiger partial charge in [0.2, 0.25) is 0 Å². The lowest BCUT2D eigenvalue weighted by Crippen LogP contribution is -2.56. The second kappa shape index (κ2) is 5.53. The highest BCUT2D eigenvalue weighted by molar-refractivity contribution is 5.05. The van der Waals surface area contributed by atoms with Crippen LogP contribution in [0.15, 0.2) is 0 Å². The van der Waals surface area contributed by atoms with Crippen molar-refractivity contribution in [2.24, 2.45) is 29.1 Å². The van der Waals surface area contributed by atoms with Gasteiger partial charge in [-0.2, -0.15) is 0 Å². The molecule has 0 spiro atoms. The van der Waals surface area contributed by atoms with Crippen LogP contribution in [0.1, 0.15) is 58.3 Å². The van der Waals surface area contributed by atoms with Gasteiger partial charge in [-0.1, -0.05) is 0 Å². The standard InChI is InChI=1S/C19H34N2/c1-14(21(2)13-15-4-3-5-20-12-15)19-9-16-6-17(10-19)8-18(7-16)11-19/h14-18,20H,3-13H2,1-2H3. The Bertz CT molecular complexity index is 336. The zero-order valence-corrected chi connectivity index (χ0v) is 14.1. The molecule has 1 aliphatic heterocycles. The minimum atomic E-state index is 0.686. The number of piperidine rings is 1. The summed E-state index contributed by atoms with van der Waals surface area (Å²) >= 11 is 0. The summed E-state index contributed by atoms with van der Waals surface area (Å²) in [6.07, 6.45) is 12.2. The van der Waals surface area contributed by atoms with E-state index in [1.807, 2.05) is 0 Å². The second-order valence-electron chi connectivity index (χ2n) is 9.11. The van der Waals surface area contributed by atoms with Gasteiger partial charge in [-0.15, -0.1) is 0 Å². The van der Waals surface area contributed by atoms with Gasteiger partial charge in [-0.25, -0.2) is 0 Å². The summed E-state index contributed by atoms with van der Waals surface area (Å²) in [5.41, 5.74) is 0.686. The minimum absolute atomic E-state index is 0.686.